The second-order valence-electron chi connectivity index (χ2n) is 4.65. The number of benzene rings is 1. The second-order valence-corrected chi connectivity index (χ2v) is 4.65. The van der Waals surface area contributed by atoms with Gasteiger partial charge in [-0.15, -0.1) is 0 Å². The van der Waals surface area contributed by atoms with Gasteiger partial charge in [0, 0.05) is 23.6 Å². The Morgan fingerprint density at radius 3 is 3.05 bits per heavy atom. The van der Waals surface area contributed by atoms with Crippen molar-refractivity contribution in [1.29, 1.82) is 0 Å². The van der Waals surface area contributed by atoms with Gasteiger partial charge in [0.2, 0.25) is 0 Å². The minimum Gasteiger partial charge on any atom is -0.383 e. The first-order valence-electron chi connectivity index (χ1n) is 6.17. The summed E-state index contributed by atoms with van der Waals surface area (Å²) in [4.78, 5) is 16.1. The summed E-state index contributed by atoms with van der Waals surface area (Å²) in [5.74, 6) is 0.402. The molecule has 5 nitrogen and oxygen atoms in total. The normalized spacial score (nSPS) is 17.5. The van der Waals surface area contributed by atoms with E-state index in [2.05, 4.69) is 10.3 Å². The molecule has 0 saturated carbocycles. The van der Waals surface area contributed by atoms with Crippen LogP contribution in [-0.2, 0) is 11.3 Å². The number of rotatable bonds is 1. The molecule has 1 atom stereocenters. The molecular weight excluding hydrogens is 242 g/mol. The molecule has 3 rings (SSSR count). The van der Waals surface area contributed by atoms with Crippen LogP contribution in [-0.4, -0.2) is 17.9 Å². The molecule has 5 heteroatoms. The van der Waals surface area contributed by atoms with Crippen molar-refractivity contribution in [3.05, 3.63) is 34.9 Å². The molecule has 2 heterocycles. The third-order valence-electron chi connectivity index (χ3n) is 3.54. The van der Waals surface area contributed by atoms with Gasteiger partial charge in [0.25, 0.3) is 5.91 Å². The molecule has 2 aromatic rings. The van der Waals surface area contributed by atoms with Crippen LogP contribution in [0.3, 0.4) is 0 Å². The number of fused-ring (bicyclic) bond motifs is 3. The van der Waals surface area contributed by atoms with Crippen molar-refractivity contribution >= 4 is 22.6 Å². The van der Waals surface area contributed by atoms with Gasteiger partial charge in [0.15, 0.2) is 0 Å². The van der Waals surface area contributed by atoms with Gasteiger partial charge >= 0.3 is 0 Å². The Labute approximate surface area is 110 Å². The largest absolute Gasteiger partial charge is 0.383 e. The maximum absolute atomic E-state index is 11.7. The molecule has 1 aliphatic rings. The number of nitrogens with zero attached hydrogens (tertiary/aromatic N) is 1. The fourth-order valence-corrected chi connectivity index (χ4v) is 2.55. The van der Waals surface area contributed by atoms with Crippen LogP contribution >= 0.6 is 0 Å². The molecule has 0 aliphatic carbocycles. The molecule has 0 unspecified atom stereocenters. The Bertz CT molecular complexity index is 682. The number of amides is 1. The lowest BCUT2D eigenvalue weighted by Crippen LogP contribution is -2.17. The number of hydrogen-bond donors (Lipinski definition) is 2. The van der Waals surface area contributed by atoms with Crippen LogP contribution in [0.2, 0.25) is 0 Å². The number of pyridine rings is 1. The van der Waals surface area contributed by atoms with E-state index in [-0.39, 0.29) is 12.0 Å². The van der Waals surface area contributed by atoms with E-state index >= 15 is 0 Å². The average molecular weight is 257 g/mol. The van der Waals surface area contributed by atoms with Crippen molar-refractivity contribution in [3.63, 3.8) is 0 Å². The topological polar surface area (TPSA) is 77.2 Å². The van der Waals surface area contributed by atoms with Gasteiger partial charge in [-0.25, -0.2) is 4.98 Å². The summed E-state index contributed by atoms with van der Waals surface area (Å²) < 4.78 is 5.62. The van der Waals surface area contributed by atoms with Crippen molar-refractivity contribution in [3.8, 4) is 0 Å². The van der Waals surface area contributed by atoms with Gasteiger partial charge in [0.05, 0.1) is 18.2 Å². The zero-order valence-electron chi connectivity index (χ0n) is 10.9. The highest BCUT2D eigenvalue weighted by Crippen LogP contribution is 2.38. The minimum atomic E-state index is -0.112. The summed E-state index contributed by atoms with van der Waals surface area (Å²) in [5.41, 5.74) is 9.38. The van der Waals surface area contributed by atoms with Crippen LogP contribution in [0.4, 0.5) is 5.82 Å². The number of carbonyl (C=O) groups excluding carboxylic acids is 1. The van der Waals surface area contributed by atoms with E-state index in [4.69, 9.17) is 10.5 Å². The number of hydrogen-bond acceptors (Lipinski definition) is 4. The second kappa shape index (κ2) is 4.20. The lowest BCUT2D eigenvalue weighted by molar-refractivity contribution is 0.0801. The minimum absolute atomic E-state index is 0.0458. The molecule has 98 valence electrons. The standard InChI is InChI=1S/C14H15N3O2/c1-7-12-10(6-19-7)9-5-8(14(18)16-2)3-4-11(9)17-13(12)15/h3-5,7H,6H2,1-2H3,(H2,15,17)(H,16,18)/t7-/m1/s1. The third kappa shape index (κ3) is 1.74. The van der Waals surface area contributed by atoms with Crippen LogP contribution in [0.5, 0.6) is 0 Å². The lowest BCUT2D eigenvalue weighted by Gasteiger charge is -2.10. The fourth-order valence-electron chi connectivity index (χ4n) is 2.55. The van der Waals surface area contributed by atoms with Gasteiger partial charge < -0.3 is 15.8 Å². The van der Waals surface area contributed by atoms with Gasteiger partial charge in [-0.2, -0.15) is 0 Å². The van der Waals surface area contributed by atoms with Crippen molar-refractivity contribution in [2.75, 3.05) is 12.8 Å². The number of aromatic nitrogens is 1. The maximum atomic E-state index is 11.7. The van der Waals surface area contributed by atoms with Crippen molar-refractivity contribution in [2.24, 2.45) is 0 Å². The average Bonchev–Trinajstić information content (AvgIpc) is 2.81. The zero-order valence-corrected chi connectivity index (χ0v) is 10.9. The van der Waals surface area contributed by atoms with Gasteiger partial charge in [0.1, 0.15) is 5.82 Å². The number of nitrogen functional groups attached to an aromatic ring is 1. The summed E-state index contributed by atoms with van der Waals surface area (Å²) >= 11 is 0. The van der Waals surface area contributed by atoms with Gasteiger partial charge in [-0.3, -0.25) is 4.79 Å². The molecule has 3 N–H and O–H groups in total. The maximum Gasteiger partial charge on any atom is 0.251 e. The molecule has 0 radical (unpaired) electrons. The molecule has 0 bridgehead atoms. The van der Waals surface area contributed by atoms with E-state index in [9.17, 15) is 4.79 Å². The Kier molecular flexibility index (Phi) is 2.64. The molecule has 1 aliphatic heterocycles. The van der Waals surface area contributed by atoms with E-state index < -0.39 is 0 Å². The monoisotopic (exact) mass is 257 g/mol. The van der Waals surface area contributed by atoms with E-state index in [1.54, 1.807) is 13.1 Å². The number of anilines is 1. The first-order chi connectivity index (χ1) is 9.11. The van der Waals surface area contributed by atoms with Crippen LogP contribution in [0.1, 0.15) is 34.5 Å². The molecule has 0 fully saturated rings. The zero-order chi connectivity index (χ0) is 13.6. The van der Waals surface area contributed by atoms with Crippen molar-refractivity contribution < 1.29 is 9.53 Å². The Morgan fingerprint density at radius 2 is 2.32 bits per heavy atom. The molecule has 0 spiro atoms. The van der Waals surface area contributed by atoms with Gasteiger partial charge in [-0.1, -0.05) is 0 Å². The lowest BCUT2D eigenvalue weighted by atomic mass is 10.0. The Balaban J connectivity index is 2.28. The number of nitrogens with two attached hydrogens (primary N) is 1. The number of nitrogens with one attached hydrogen (secondary N) is 1. The smallest absolute Gasteiger partial charge is 0.251 e. The molecule has 19 heavy (non-hydrogen) atoms. The van der Waals surface area contributed by atoms with E-state index in [0.29, 0.717) is 18.0 Å². The van der Waals surface area contributed by atoms with E-state index in [0.717, 1.165) is 22.0 Å². The predicted octanol–water partition coefficient (Wildman–Crippen LogP) is 1.77. The molecule has 1 amide bonds. The Hall–Kier alpha value is -2.14. The number of carbonyl (C=O) groups is 1. The molecule has 0 saturated heterocycles. The van der Waals surface area contributed by atoms with Crippen molar-refractivity contribution in [2.45, 2.75) is 19.6 Å². The SMILES string of the molecule is CNC(=O)c1ccc2nc(N)c3c(c2c1)CO[C@@H]3C. The summed E-state index contributed by atoms with van der Waals surface area (Å²) in [6.07, 6.45) is -0.0458. The first-order valence-corrected chi connectivity index (χ1v) is 6.17. The number of ether oxygens (including phenoxy) is 1. The summed E-state index contributed by atoms with van der Waals surface area (Å²) in [7, 11) is 1.61. The quantitative estimate of drug-likeness (QED) is 0.816. The molecule has 1 aromatic carbocycles. The summed E-state index contributed by atoms with van der Waals surface area (Å²) in [6.45, 7) is 2.47. The molecular formula is C14H15N3O2. The van der Waals surface area contributed by atoms with Gasteiger partial charge in [-0.05, 0) is 30.7 Å². The Morgan fingerprint density at radius 1 is 1.53 bits per heavy atom. The van der Waals surface area contributed by atoms with Crippen LogP contribution in [0, 0.1) is 0 Å². The van der Waals surface area contributed by atoms with Crippen LogP contribution in [0.25, 0.3) is 10.9 Å². The fraction of sp³-hybridized carbons (Fsp3) is 0.286. The first kappa shape index (κ1) is 11.9. The highest BCUT2D eigenvalue weighted by Gasteiger charge is 2.25. The van der Waals surface area contributed by atoms with Crippen molar-refractivity contribution in [1.82, 2.24) is 10.3 Å². The third-order valence-corrected chi connectivity index (χ3v) is 3.54. The van der Waals surface area contributed by atoms with E-state index in [1.165, 1.54) is 0 Å². The molecule has 1 aromatic heterocycles. The highest BCUT2D eigenvalue weighted by molar-refractivity contribution is 5.99. The summed E-state index contributed by atoms with van der Waals surface area (Å²) in [5, 5.41) is 3.56. The summed E-state index contributed by atoms with van der Waals surface area (Å²) in [6, 6.07) is 5.42. The predicted molar refractivity (Wildman–Crippen MR) is 72.7 cm³/mol. The van der Waals surface area contributed by atoms with E-state index in [1.807, 2.05) is 19.1 Å². The van der Waals surface area contributed by atoms with Crippen LogP contribution < -0.4 is 11.1 Å². The highest BCUT2D eigenvalue weighted by atomic mass is 16.5. The van der Waals surface area contributed by atoms with Crippen LogP contribution in [0.15, 0.2) is 18.2 Å².